The predicted molar refractivity (Wildman–Crippen MR) is 169 cm³/mol. The molecule has 24 N–H and O–H groups in total. The first-order valence-corrected chi connectivity index (χ1v) is 14.3. The Kier molecular flexibility index (Phi) is 38.7. The van der Waals surface area contributed by atoms with Gasteiger partial charge in [-0.1, -0.05) is 0 Å². The summed E-state index contributed by atoms with van der Waals surface area (Å²) in [6, 6.07) is -3.73. The molecule has 0 rings (SSSR count). The summed E-state index contributed by atoms with van der Waals surface area (Å²) >= 11 is 0. The summed E-state index contributed by atoms with van der Waals surface area (Å²) in [4.78, 5) is 40.4. The molecular formula is C24H52N16O8Zr. The molecule has 0 saturated carbocycles. The first kappa shape index (κ1) is 54.1. The van der Waals surface area contributed by atoms with Crippen molar-refractivity contribution in [1.29, 1.82) is 21.6 Å². The van der Waals surface area contributed by atoms with Gasteiger partial charge in [0.05, 0.1) is 23.9 Å². The molecule has 0 heterocycles. The standard InChI is InChI=1S/4C6H14N4O2.Zr/c4*7-4(5(11)12)2-1-3-10-6(8)9;/h4*4H,1-3,7H2,(H,11,12)(H4,8,9,10);/q;;;;+4/p-4/t4*4-;/m0000./s1. The number of hydrogen-bond donors (Lipinski definition) is 16. The van der Waals surface area contributed by atoms with Crippen LogP contribution in [0.4, 0.5) is 0 Å². The molecule has 0 bridgehead atoms. The van der Waals surface area contributed by atoms with Gasteiger partial charge in [-0.25, -0.2) is 0 Å². The van der Waals surface area contributed by atoms with Gasteiger partial charge in [-0.15, -0.1) is 0 Å². The Morgan fingerprint density at radius 3 is 0.673 bits per heavy atom. The molecule has 0 spiro atoms. The van der Waals surface area contributed by atoms with E-state index in [1.165, 1.54) is 0 Å². The van der Waals surface area contributed by atoms with E-state index in [1.54, 1.807) is 0 Å². The topological polar surface area (TPSA) is 512 Å². The summed E-state index contributed by atoms with van der Waals surface area (Å²) in [6.07, 6.45) is 3.49. The molecule has 0 aliphatic rings. The van der Waals surface area contributed by atoms with Crippen LogP contribution in [0.2, 0.25) is 0 Å². The fourth-order valence-electron chi connectivity index (χ4n) is 2.65. The fraction of sp³-hybridized carbons (Fsp3) is 0.667. The Morgan fingerprint density at radius 2 is 0.571 bits per heavy atom. The zero-order valence-corrected chi connectivity index (χ0v) is 29.6. The third kappa shape index (κ3) is 48.2. The van der Waals surface area contributed by atoms with Gasteiger partial charge in [-0.2, -0.15) is 0 Å². The second-order valence-electron chi connectivity index (χ2n) is 9.63. The normalized spacial score (nSPS) is 11.8. The molecule has 0 aromatic carbocycles. The van der Waals surface area contributed by atoms with E-state index >= 15 is 0 Å². The second-order valence-corrected chi connectivity index (χ2v) is 9.63. The van der Waals surface area contributed by atoms with E-state index in [-0.39, 0.29) is 50.0 Å². The van der Waals surface area contributed by atoms with Gasteiger partial charge >= 0.3 is 26.2 Å². The van der Waals surface area contributed by atoms with Gasteiger partial charge in [0.2, 0.25) is 0 Å². The van der Waals surface area contributed by atoms with Crippen LogP contribution in [0.3, 0.4) is 0 Å². The minimum absolute atomic E-state index is 0. The van der Waals surface area contributed by atoms with Crippen molar-refractivity contribution in [3.63, 3.8) is 0 Å². The van der Waals surface area contributed by atoms with E-state index < -0.39 is 48.0 Å². The van der Waals surface area contributed by atoms with E-state index in [0.29, 0.717) is 77.5 Å². The number of hydrogen-bond acceptors (Lipinski definition) is 16. The maximum Gasteiger partial charge on any atom is 4.00 e. The van der Waals surface area contributed by atoms with Crippen molar-refractivity contribution in [1.82, 2.24) is 21.3 Å². The molecule has 24 nitrogen and oxygen atoms in total. The molecule has 0 aliphatic carbocycles. The molecule has 25 heteroatoms. The van der Waals surface area contributed by atoms with E-state index in [1.807, 2.05) is 0 Å². The number of carbonyl (C=O) groups is 4. The van der Waals surface area contributed by atoms with Crippen LogP contribution < -0.4 is 87.6 Å². The minimum atomic E-state index is -1.25. The van der Waals surface area contributed by atoms with Crippen LogP contribution in [0.25, 0.3) is 0 Å². The van der Waals surface area contributed by atoms with Gasteiger partial charge in [-0.05, 0) is 51.4 Å². The van der Waals surface area contributed by atoms with Crippen LogP contribution in [0.15, 0.2) is 0 Å². The number of carboxylic acids is 4. The monoisotopic (exact) mass is 782 g/mol. The molecule has 0 aromatic heterocycles. The van der Waals surface area contributed by atoms with Crippen LogP contribution in [0.5, 0.6) is 0 Å². The Labute approximate surface area is 303 Å². The van der Waals surface area contributed by atoms with Gasteiger partial charge < -0.3 is 107 Å². The summed E-state index contributed by atoms with van der Waals surface area (Å²) in [6.45, 7) is 1.82. The summed E-state index contributed by atoms with van der Waals surface area (Å²) in [5.41, 5.74) is 40.6. The molecule has 0 saturated heterocycles. The smallest absolute Gasteiger partial charge is 0.548 e. The number of guanidine groups is 4. The molecule has 0 aromatic rings. The molecule has 0 aliphatic heterocycles. The molecule has 49 heavy (non-hydrogen) atoms. The quantitative estimate of drug-likeness (QED) is 0.0309. The van der Waals surface area contributed by atoms with Crippen molar-refractivity contribution in [2.24, 2.45) is 45.9 Å². The van der Waals surface area contributed by atoms with Crippen molar-refractivity contribution >= 4 is 47.7 Å². The summed E-state index contributed by atoms with van der Waals surface area (Å²) in [5, 5.41) is 77.6. The van der Waals surface area contributed by atoms with E-state index in [9.17, 15) is 39.6 Å². The number of rotatable bonds is 20. The van der Waals surface area contributed by atoms with Crippen molar-refractivity contribution in [2.45, 2.75) is 75.5 Å². The van der Waals surface area contributed by atoms with Crippen LogP contribution >= 0.6 is 0 Å². The Hall–Kier alpha value is -4.32. The number of carbonyl (C=O) groups excluding carboxylic acids is 4. The van der Waals surface area contributed by atoms with Crippen molar-refractivity contribution < 1.29 is 65.8 Å². The largest absolute Gasteiger partial charge is 4.00 e. The first-order chi connectivity index (χ1) is 22.1. The van der Waals surface area contributed by atoms with Crippen molar-refractivity contribution in [3.8, 4) is 0 Å². The molecule has 0 radical (unpaired) electrons. The molecule has 4 atom stereocenters. The van der Waals surface area contributed by atoms with E-state index in [0.717, 1.165) is 0 Å². The second kappa shape index (κ2) is 35.0. The van der Waals surface area contributed by atoms with Gasteiger partial charge in [0.25, 0.3) is 0 Å². The molecule has 0 fully saturated rings. The number of nitrogens with two attached hydrogens (primary N) is 8. The zero-order valence-electron chi connectivity index (χ0n) is 27.2. The molecule has 0 unspecified atom stereocenters. The van der Waals surface area contributed by atoms with E-state index in [4.69, 9.17) is 67.5 Å². The number of nitrogens with one attached hydrogen (secondary N) is 8. The van der Waals surface area contributed by atoms with Gasteiger partial charge in [0.1, 0.15) is 0 Å². The van der Waals surface area contributed by atoms with Crippen LogP contribution in [-0.2, 0) is 45.4 Å². The third-order valence-electron chi connectivity index (χ3n) is 5.24. The third-order valence-corrected chi connectivity index (χ3v) is 5.24. The molecular weight excluding hydrogens is 732 g/mol. The summed E-state index contributed by atoms with van der Waals surface area (Å²) in [7, 11) is 0. The van der Waals surface area contributed by atoms with Gasteiger partial charge in [-0.3, -0.25) is 21.6 Å². The van der Waals surface area contributed by atoms with E-state index in [2.05, 4.69) is 21.3 Å². The maximum absolute atomic E-state index is 10.1. The Balaban J connectivity index is -0.000000174. The van der Waals surface area contributed by atoms with Crippen molar-refractivity contribution in [2.75, 3.05) is 26.2 Å². The van der Waals surface area contributed by atoms with Crippen LogP contribution in [-0.4, -0.2) is 98.1 Å². The molecule has 0 amide bonds. The van der Waals surface area contributed by atoms with Crippen LogP contribution in [0, 0.1) is 21.6 Å². The zero-order chi connectivity index (χ0) is 38.2. The maximum atomic E-state index is 10.1. The Bertz CT molecular complexity index is 843. The van der Waals surface area contributed by atoms with Crippen molar-refractivity contribution in [3.05, 3.63) is 0 Å². The fourth-order valence-corrected chi connectivity index (χ4v) is 2.65. The minimum Gasteiger partial charge on any atom is -0.548 e. The Morgan fingerprint density at radius 1 is 0.429 bits per heavy atom. The number of carboxylic acid groups (broad SMARTS) is 4. The first-order valence-electron chi connectivity index (χ1n) is 14.3. The van der Waals surface area contributed by atoms with Crippen LogP contribution in [0.1, 0.15) is 51.4 Å². The average Bonchev–Trinajstić information content (AvgIpc) is 2.97. The SMILES string of the molecule is N=C(N)NCCC[C@H](N)C(=O)[O-].N=C(N)NCCC[C@H](N)C(=O)[O-].N=C(N)NCCC[C@H](N)C(=O)[O-].N=C(N)NCCC[C@H](N)C(=O)[O-].[Zr+4]. The average molecular weight is 784 g/mol. The number of aliphatic carboxylic acids is 4. The summed E-state index contributed by atoms with van der Waals surface area (Å²) in [5.74, 6) is -5.52. The predicted octanol–water partition coefficient (Wildman–Crippen LogP) is -10.7. The summed E-state index contributed by atoms with van der Waals surface area (Å²) < 4.78 is 0. The van der Waals surface area contributed by atoms with Gasteiger partial charge in [0.15, 0.2) is 23.8 Å². The molecule has 280 valence electrons. The van der Waals surface area contributed by atoms with Gasteiger partial charge in [0, 0.05) is 50.3 Å².